The van der Waals surface area contributed by atoms with E-state index in [1.807, 2.05) is 6.92 Å². The lowest BCUT2D eigenvalue weighted by molar-refractivity contribution is -0.849. The molecule has 0 heterocycles. The van der Waals surface area contributed by atoms with E-state index >= 15 is 0 Å². The summed E-state index contributed by atoms with van der Waals surface area (Å²) in [5.74, 6) is -0.978. The molecule has 0 aliphatic carbocycles. The fourth-order valence-corrected chi connectivity index (χ4v) is 0.425. The van der Waals surface area contributed by atoms with E-state index < -0.39 is 12.1 Å². The number of hydrogen-bond donors (Lipinski definition) is 0. The molecule has 0 aromatic rings. The van der Waals surface area contributed by atoms with Crippen LogP contribution in [0.25, 0.3) is 0 Å². The molecule has 0 spiro atoms. The maximum absolute atomic E-state index is 11.1. The Kier molecular flexibility index (Phi) is 9.61. The van der Waals surface area contributed by atoms with Crippen LogP contribution in [0.3, 0.4) is 0 Å². The Balaban J connectivity index is 0. The van der Waals surface area contributed by atoms with Gasteiger partial charge in [0.25, 0.3) is 0 Å². The first kappa shape index (κ1) is 16.7. The summed E-state index contributed by atoms with van der Waals surface area (Å²) in [6.07, 6.45) is -0.00543. The number of carbonyl (C=O) groups is 1. The van der Waals surface area contributed by atoms with Crippen molar-refractivity contribution in [3.8, 4) is 0 Å². The fraction of sp³-hybridized carbons (Fsp3) is 0.900. The van der Waals surface area contributed by atoms with Gasteiger partial charge in [0.1, 0.15) is 0 Å². The zero-order valence-corrected chi connectivity index (χ0v) is 10.5. The predicted octanol–water partition coefficient (Wildman–Crippen LogP) is 1.55. The summed E-state index contributed by atoms with van der Waals surface area (Å²) < 4.78 is 17.0. The summed E-state index contributed by atoms with van der Waals surface area (Å²) in [6, 6.07) is 0. The predicted molar refractivity (Wildman–Crippen MR) is 56.9 cm³/mol. The number of hydrogen-bond acceptors (Lipinski definition) is 3. The van der Waals surface area contributed by atoms with Gasteiger partial charge in [-0.2, -0.15) is 0 Å². The molecule has 0 N–H and O–H groups in total. The average molecular weight is 224 g/mol. The second-order valence-electron chi connectivity index (χ2n) is 4.59. The first-order valence-corrected chi connectivity index (χ1v) is 4.95. The van der Waals surface area contributed by atoms with E-state index in [2.05, 4.69) is 33.1 Å². The Morgan fingerprint density at radius 2 is 1.73 bits per heavy atom. The highest BCUT2D eigenvalue weighted by Crippen LogP contribution is 1.95. The first-order chi connectivity index (χ1) is 6.72. The highest BCUT2D eigenvalue weighted by molar-refractivity contribution is 5.73. The smallest absolute Gasteiger partial charge is 0.367 e. The maximum atomic E-state index is 11.1. The molecule has 0 saturated carbocycles. The van der Waals surface area contributed by atoms with Crippen molar-refractivity contribution in [2.45, 2.75) is 26.4 Å². The van der Waals surface area contributed by atoms with Crippen LogP contribution in [-0.2, 0) is 14.5 Å². The van der Waals surface area contributed by atoms with Gasteiger partial charge in [-0.25, -0.2) is 4.79 Å². The Bertz CT molecular complexity index is 163. The summed E-state index contributed by atoms with van der Waals surface area (Å²) in [7, 11) is 8.50. The lowest BCUT2D eigenvalue weighted by Gasteiger charge is -2.14. The molecule has 0 bridgehead atoms. The van der Waals surface area contributed by atoms with Gasteiger partial charge in [-0.3, -0.25) is 4.94 Å². The Labute approximate surface area is 91.5 Å². The third-order valence-electron chi connectivity index (χ3n) is 0.980. The molecule has 4 nitrogen and oxygen atoms in total. The highest BCUT2D eigenvalue weighted by Gasteiger charge is 2.14. The summed E-state index contributed by atoms with van der Waals surface area (Å²) in [5, 5.41) is 0. The minimum atomic E-state index is -0.978. The molecule has 92 valence electrons. The number of halogens is 1. The molecule has 0 amide bonds. The number of carbonyl (C=O) groups excluding carboxylic acids is 1. The molecule has 0 fully saturated rings. The number of nitrogens with zero attached hydrogens (tertiary/aromatic N) is 1. The minimum absolute atomic E-state index is 0.441. The Morgan fingerprint density at radius 3 is 2.00 bits per heavy atom. The molecule has 0 aliphatic rings. The summed E-state index contributed by atoms with van der Waals surface area (Å²) >= 11 is 0. The molecular formula is C10H23FNO3+. The van der Waals surface area contributed by atoms with Crippen LogP contribution in [0.5, 0.6) is 0 Å². The first-order valence-electron chi connectivity index (χ1n) is 4.95. The van der Waals surface area contributed by atoms with E-state index in [4.69, 9.17) is 4.74 Å². The summed E-state index contributed by atoms with van der Waals surface area (Å²) in [4.78, 5) is 13.2. The lowest BCUT2D eigenvalue weighted by Crippen LogP contribution is -2.27. The molecule has 0 aromatic carbocycles. The van der Waals surface area contributed by atoms with Crippen molar-refractivity contribution in [3.05, 3.63) is 0 Å². The molecule has 1 atom stereocenters. The number of rotatable bonds is 4. The van der Waals surface area contributed by atoms with Crippen molar-refractivity contribution in [2.75, 3.05) is 34.8 Å². The third-order valence-corrected chi connectivity index (χ3v) is 0.980. The van der Waals surface area contributed by atoms with Gasteiger partial charge < -0.3 is 9.22 Å². The summed E-state index contributed by atoms with van der Waals surface area (Å²) in [5.41, 5.74) is 0. The fourth-order valence-electron chi connectivity index (χ4n) is 0.425. The van der Waals surface area contributed by atoms with Crippen LogP contribution in [0.2, 0.25) is 0 Å². The van der Waals surface area contributed by atoms with Gasteiger partial charge in [0.15, 0.2) is 6.10 Å². The molecule has 0 aromatic heterocycles. The zero-order chi connectivity index (χ0) is 12.5. The van der Waals surface area contributed by atoms with Crippen molar-refractivity contribution < 1.29 is 23.5 Å². The van der Waals surface area contributed by atoms with Crippen molar-refractivity contribution >= 4 is 5.97 Å². The monoisotopic (exact) mass is 224 g/mol. The van der Waals surface area contributed by atoms with Crippen LogP contribution in [0.1, 0.15) is 20.3 Å². The van der Waals surface area contributed by atoms with E-state index in [0.29, 0.717) is 6.61 Å². The van der Waals surface area contributed by atoms with Gasteiger partial charge in [0.2, 0.25) is 0 Å². The van der Waals surface area contributed by atoms with Gasteiger partial charge in [0.05, 0.1) is 28.2 Å². The van der Waals surface area contributed by atoms with Crippen LogP contribution in [-0.4, -0.2) is 51.4 Å². The average Bonchev–Trinajstić information content (AvgIpc) is 2.10. The third kappa shape index (κ3) is 19.7. The molecule has 5 heteroatoms. The van der Waals surface area contributed by atoms with Crippen molar-refractivity contribution in [1.82, 2.24) is 0 Å². The van der Waals surface area contributed by atoms with E-state index in [-0.39, 0.29) is 0 Å². The second-order valence-corrected chi connectivity index (χ2v) is 4.59. The number of ether oxygens (including phenoxy) is 1. The standard InChI is InChI=1S/C6H11FO3.C4H12N/c1-3-4-9-5(2)6(8)10-7;1-5(2,3)4/h5H,3-4H2,1-2H3;1-4H3/q;+1. The van der Waals surface area contributed by atoms with E-state index in [1.165, 1.54) is 6.92 Å². The van der Waals surface area contributed by atoms with Crippen molar-refractivity contribution in [2.24, 2.45) is 0 Å². The van der Waals surface area contributed by atoms with Crippen LogP contribution < -0.4 is 0 Å². The van der Waals surface area contributed by atoms with Crippen molar-refractivity contribution in [1.29, 1.82) is 0 Å². The van der Waals surface area contributed by atoms with E-state index in [0.717, 1.165) is 10.9 Å². The van der Waals surface area contributed by atoms with Gasteiger partial charge >= 0.3 is 5.97 Å². The maximum Gasteiger partial charge on any atom is 0.376 e. The molecule has 0 saturated heterocycles. The highest BCUT2D eigenvalue weighted by atomic mass is 19.3. The molecule has 1 unspecified atom stereocenters. The lowest BCUT2D eigenvalue weighted by atomic mass is 10.4. The van der Waals surface area contributed by atoms with Gasteiger partial charge in [0, 0.05) is 11.1 Å². The van der Waals surface area contributed by atoms with Crippen LogP contribution in [0.4, 0.5) is 4.53 Å². The molecular weight excluding hydrogens is 201 g/mol. The minimum Gasteiger partial charge on any atom is -0.367 e. The SMILES string of the molecule is CCCOC(C)C(=O)OF.C[N+](C)(C)C. The zero-order valence-electron chi connectivity index (χ0n) is 10.5. The van der Waals surface area contributed by atoms with Crippen LogP contribution >= 0.6 is 0 Å². The van der Waals surface area contributed by atoms with Gasteiger partial charge in [-0.05, 0) is 13.3 Å². The van der Waals surface area contributed by atoms with Crippen LogP contribution in [0, 0.1) is 0 Å². The van der Waals surface area contributed by atoms with E-state index in [1.54, 1.807) is 0 Å². The quantitative estimate of drug-likeness (QED) is 0.680. The second kappa shape index (κ2) is 8.61. The molecule has 15 heavy (non-hydrogen) atoms. The summed E-state index contributed by atoms with van der Waals surface area (Å²) in [6.45, 7) is 3.78. The van der Waals surface area contributed by atoms with Crippen LogP contribution in [0.15, 0.2) is 0 Å². The molecule has 0 rings (SSSR count). The Hall–Kier alpha value is -0.680. The largest absolute Gasteiger partial charge is 0.376 e. The van der Waals surface area contributed by atoms with Crippen molar-refractivity contribution in [3.63, 3.8) is 0 Å². The normalized spacial score (nSPS) is 12.5. The topological polar surface area (TPSA) is 35.5 Å². The van der Waals surface area contributed by atoms with E-state index in [9.17, 15) is 9.32 Å². The van der Waals surface area contributed by atoms with Gasteiger partial charge in [-0.15, -0.1) is 0 Å². The number of quaternary nitrogens is 1. The molecule has 0 aliphatic heterocycles. The Morgan fingerprint density at radius 1 is 1.33 bits per heavy atom. The molecule has 0 radical (unpaired) electrons. The van der Waals surface area contributed by atoms with Gasteiger partial charge in [-0.1, -0.05) is 6.92 Å².